The second kappa shape index (κ2) is 6.16. The number of likely N-dealkylation sites (tertiary alicyclic amines) is 1. The second-order valence-electron chi connectivity index (χ2n) is 6.71. The van der Waals surface area contributed by atoms with E-state index in [0.29, 0.717) is 19.4 Å². The highest BCUT2D eigenvalue weighted by molar-refractivity contribution is 6.38. The Bertz CT molecular complexity index is 440. The van der Waals surface area contributed by atoms with Gasteiger partial charge in [-0.1, -0.05) is 20.8 Å². The molecule has 5 nitrogen and oxygen atoms in total. The van der Waals surface area contributed by atoms with E-state index < -0.39 is 23.1 Å². The summed E-state index contributed by atoms with van der Waals surface area (Å²) in [6.45, 7) is 5.90. The first kappa shape index (κ1) is 16.0. The Balaban J connectivity index is 2.08. The molecule has 1 saturated heterocycles. The van der Waals surface area contributed by atoms with Crippen LogP contribution >= 0.6 is 0 Å². The molecule has 0 aromatic rings. The molecule has 0 spiro atoms. The highest BCUT2D eigenvalue weighted by atomic mass is 16.5. The predicted octanol–water partition coefficient (Wildman–Crippen LogP) is 2.08. The van der Waals surface area contributed by atoms with Crippen molar-refractivity contribution in [2.45, 2.75) is 71.4 Å². The van der Waals surface area contributed by atoms with Crippen molar-refractivity contribution in [1.29, 1.82) is 0 Å². The van der Waals surface area contributed by atoms with Gasteiger partial charge in [0.2, 0.25) is 5.78 Å². The Morgan fingerprint density at radius 2 is 1.81 bits per heavy atom. The number of hydrogen-bond acceptors (Lipinski definition) is 4. The van der Waals surface area contributed by atoms with Crippen LogP contribution < -0.4 is 0 Å². The van der Waals surface area contributed by atoms with Crippen LogP contribution in [0.4, 0.5) is 0 Å². The molecule has 1 atom stereocenters. The van der Waals surface area contributed by atoms with Crippen molar-refractivity contribution in [3.05, 3.63) is 0 Å². The average Bonchev–Trinajstić information content (AvgIpc) is 3.29. The lowest BCUT2D eigenvalue weighted by molar-refractivity contribution is -0.161. The first-order valence-corrected chi connectivity index (χ1v) is 7.92. The van der Waals surface area contributed by atoms with Gasteiger partial charge in [0.15, 0.2) is 0 Å². The number of piperidine rings is 1. The van der Waals surface area contributed by atoms with E-state index in [4.69, 9.17) is 4.74 Å². The summed E-state index contributed by atoms with van der Waals surface area (Å²) in [4.78, 5) is 38.5. The zero-order valence-electron chi connectivity index (χ0n) is 13.2. The molecule has 1 aliphatic carbocycles. The third kappa shape index (κ3) is 3.63. The van der Waals surface area contributed by atoms with Gasteiger partial charge in [-0.05, 0) is 38.5 Å². The van der Waals surface area contributed by atoms with Gasteiger partial charge in [0.1, 0.15) is 12.1 Å². The second-order valence-corrected chi connectivity index (χ2v) is 6.71. The summed E-state index contributed by atoms with van der Waals surface area (Å²) < 4.78 is 5.33. The van der Waals surface area contributed by atoms with Crippen molar-refractivity contribution in [2.75, 3.05) is 6.54 Å². The molecule has 2 fully saturated rings. The van der Waals surface area contributed by atoms with E-state index in [1.165, 1.54) is 4.90 Å². The lowest BCUT2D eigenvalue weighted by Gasteiger charge is -2.35. The maximum atomic E-state index is 12.5. The standard InChI is InChI=1S/C16H25NO4/c1-4-16(2,3)13(18)14(19)17-10-6-5-7-12(17)15(20)21-11-8-9-11/h11-12H,4-10H2,1-3H3. The molecule has 2 rings (SSSR count). The summed E-state index contributed by atoms with van der Waals surface area (Å²) in [5.41, 5.74) is -0.681. The molecule has 0 radical (unpaired) electrons. The molecule has 118 valence electrons. The van der Waals surface area contributed by atoms with Crippen molar-refractivity contribution in [3.8, 4) is 0 Å². The van der Waals surface area contributed by atoms with Crippen LogP contribution in [0, 0.1) is 5.41 Å². The molecule has 1 saturated carbocycles. The predicted molar refractivity (Wildman–Crippen MR) is 77.5 cm³/mol. The van der Waals surface area contributed by atoms with Crippen molar-refractivity contribution in [2.24, 2.45) is 5.41 Å². The summed E-state index contributed by atoms with van der Waals surface area (Å²) in [7, 11) is 0. The Morgan fingerprint density at radius 3 is 2.38 bits per heavy atom. The molecule has 0 aromatic carbocycles. The Morgan fingerprint density at radius 1 is 1.14 bits per heavy atom. The fraction of sp³-hybridized carbons (Fsp3) is 0.812. The third-order valence-corrected chi connectivity index (χ3v) is 4.54. The number of carbonyl (C=O) groups excluding carboxylic acids is 3. The summed E-state index contributed by atoms with van der Waals surface area (Å²) in [5, 5.41) is 0. The third-order valence-electron chi connectivity index (χ3n) is 4.54. The monoisotopic (exact) mass is 295 g/mol. The normalized spacial score (nSPS) is 22.8. The van der Waals surface area contributed by atoms with Gasteiger partial charge in [0, 0.05) is 12.0 Å². The van der Waals surface area contributed by atoms with E-state index in [2.05, 4.69) is 0 Å². The van der Waals surface area contributed by atoms with Crippen molar-refractivity contribution in [1.82, 2.24) is 4.90 Å². The summed E-state index contributed by atoms with van der Waals surface area (Å²) >= 11 is 0. The van der Waals surface area contributed by atoms with E-state index in [0.717, 1.165) is 25.7 Å². The van der Waals surface area contributed by atoms with Crippen LogP contribution in [0.5, 0.6) is 0 Å². The average molecular weight is 295 g/mol. The highest BCUT2D eigenvalue weighted by Crippen LogP contribution is 2.28. The molecule has 0 N–H and O–H groups in total. The zero-order chi connectivity index (χ0) is 15.6. The van der Waals surface area contributed by atoms with Crippen molar-refractivity contribution < 1.29 is 19.1 Å². The summed E-state index contributed by atoms with van der Waals surface area (Å²) in [6.07, 6.45) is 4.76. The molecule has 5 heteroatoms. The SMILES string of the molecule is CCC(C)(C)C(=O)C(=O)N1CCCCC1C(=O)OC1CC1. The number of rotatable bonds is 5. The molecule has 1 heterocycles. The minimum atomic E-state index is -0.681. The molecule has 0 aromatic heterocycles. The molecule has 1 amide bonds. The summed E-state index contributed by atoms with van der Waals surface area (Å²) in [5.74, 6) is -1.27. The number of nitrogens with zero attached hydrogens (tertiary/aromatic N) is 1. The number of ether oxygens (including phenoxy) is 1. The molecular formula is C16H25NO4. The van der Waals surface area contributed by atoms with E-state index in [-0.39, 0.29) is 12.1 Å². The molecule has 0 bridgehead atoms. The number of hydrogen-bond donors (Lipinski definition) is 0. The van der Waals surface area contributed by atoms with E-state index in [1.54, 1.807) is 13.8 Å². The topological polar surface area (TPSA) is 63.7 Å². The first-order valence-electron chi connectivity index (χ1n) is 7.92. The fourth-order valence-corrected chi connectivity index (χ4v) is 2.43. The van der Waals surface area contributed by atoms with Crippen LogP contribution in [-0.2, 0) is 19.1 Å². The zero-order valence-corrected chi connectivity index (χ0v) is 13.2. The molecule has 1 aliphatic heterocycles. The Kier molecular flexibility index (Phi) is 4.69. The minimum absolute atomic E-state index is 0.0270. The van der Waals surface area contributed by atoms with Crippen LogP contribution in [0.25, 0.3) is 0 Å². The van der Waals surface area contributed by atoms with Gasteiger partial charge >= 0.3 is 5.97 Å². The van der Waals surface area contributed by atoms with Gasteiger partial charge < -0.3 is 9.64 Å². The van der Waals surface area contributed by atoms with Gasteiger partial charge in [0.05, 0.1) is 0 Å². The Labute approximate surface area is 126 Å². The lowest BCUT2D eigenvalue weighted by Crippen LogP contribution is -2.53. The van der Waals surface area contributed by atoms with Crippen LogP contribution in [-0.4, -0.2) is 41.3 Å². The van der Waals surface area contributed by atoms with Crippen LogP contribution in [0.1, 0.15) is 59.3 Å². The minimum Gasteiger partial charge on any atom is -0.461 e. The number of amides is 1. The van der Waals surface area contributed by atoms with Crippen molar-refractivity contribution >= 4 is 17.7 Å². The highest BCUT2D eigenvalue weighted by Gasteiger charge is 2.41. The van der Waals surface area contributed by atoms with Crippen LogP contribution in [0.3, 0.4) is 0 Å². The van der Waals surface area contributed by atoms with Crippen LogP contribution in [0.15, 0.2) is 0 Å². The Hall–Kier alpha value is -1.39. The van der Waals surface area contributed by atoms with Crippen LogP contribution in [0.2, 0.25) is 0 Å². The maximum absolute atomic E-state index is 12.5. The van der Waals surface area contributed by atoms with E-state index in [9.17, 15) is 14.4 Å². The van der Waals surface area contributed by atoms with E-state index >= 15 is 0 Å². The largest absolute Gasteiger partial charge is 0.461 e. The molecule has 21 heavy (non-hydrogen) atoms. The fourth-order valence-electron chi connectivity index (χ4n) is 2.43. The quantitative estimate of drug-likeness (QED) is 0.575. The summed E-state index contributed by atoms with van der Waals surface area (Å²) in [6, 6.07) is -0.580. The first-order chi connectivity index (χ1) is 9.86. The van der Waals surface area contributed by atoms with Gasteiger partial charge in [-0.25, -0.2) is 4.79 Å². The maximum Gasteiger partial charge on any atom is 0.329 e. The van der Waals surface area contributed by atoms with Gasteiger partial charge in [-0.15, -0.1) is 0 Å². The lowest BCUT2D eigenvalue weighted by atomic mass is 9.84. The molecule has 2 aliphatic rings. The van der Waals surface area contributed by atoms with Gasteiger partial charge in [-0.2, -0.15) is 0 Å². The number of carbonyl (C=O) groups is 3. The van der Waals surface area contributed by atoms with Gasteiger partial charge in [-0.3, -0.25) is 9.59 Å². The number of ketones is 1. The number of esters is 1. The number of Topliss-reactive ketones (excluding diaryl/α,β-unsaturated/α-hetero) is 1. The van der Waals surface area contributed by atoms with E-state index in [1.807, 2.05) is 6.92 Å². The smallest absolute Gasteiger partial charge is 0.329 e. The van der Waals surface area contributed by atoms with Gasteiger partial charge in [0.25, 0.3) is 5.91 Å². The molecule has 1 unspecified atom stereocenters. The molecular weight excluding hydrogens is 270 g/mol. The van der Waals surface area contributed by atoms with Crippen molar-refractivity contribution in [3.63, 3.8) is 0 Å².